The molecule has 0 spiro atoms. The molecule has 0 aliphatic carbocycles. The molecule has 5 rings (SSSR count). The molecule has 1 aromatic heterocycles. The summed E-state index contributed by atoms with van der Waals surface area (Å²) in [6, 6.07) is 17.4. The predicted molar refractivity (Wildman–Crippen MR) is 164 cm³/mol. The number of aryl methyl sites for hydroxylation is 3. The number of aromatic nitrogens is 3. The number of halogens is 1. The van der Waals surface area contributed by atoms with Crippen molar-refractivity contribution < 1.29 is 14.3 Å². The van der Waals surface area contributed by atoms with E-state index in [1.807, 2.05) is 49.4 Å². The Morgan fingerprint density at radius 1 is 1.00 bits per heavy atom. The number of hydrogen-bond acceptors (Lipinski definition) is 7. The SMILES string of the molecule is COc1cc(C2C(C(C)=O)=C(C)Nc3nc(SCc4ccccc4Cl)nn32)ccc1OCc1cc(C)c(C)cc1C. The van der Waals surface area contributed by atoms with Crippen molar-refractivity contribution in [3.63, 3.8) is 0 Å². The normalized spacial score (nSPS) is 14.5. The Hall–Kier alpha value is -3.75. The molecule has 0 bridgehead atoms. The first-order chi connectivity index (χ1) is 19.7. The van der Waals surface area contributed by atoms with E-state index in [1.165, 1.54) is 28.5 Å². The zero-order valence-corrected chi connectivity index (χ0v) is 25.6. The van der Waals surface area contributed by atoms with Gasteiger partial charge in [0.2, 0.25) is 11.1 Å². The lowest BCUT2D eigenvalue weighted by Gasteiger charge is -2.28. The first-order valence-electron chi connectivity index (χ1n) is 13.3. The summed E-state index contributed by atoms with van der Waals surface area (Å²) in [4.78, 5) is 17.6. The molecule has 0 amide bonds. The number of thioether (sulfide) groups is 1. The highest BCUT2D eigenvalue weighted by Gasteiger charge is 2.33. The summed E-state index contributed by atoms with van der Waals surface area (Å²) in [5.41, 5.74) is 8.02. The van der Waals surface area contributed by atoms with Crippen LogP contribution < -0.4 is 14.8 Å². The van der Waals surface area contributed by atoms with Gasteiger partial charge in [0.15, 0.2) is 17.3 Å². The number of nitrogens with zero attached hydrogens (tertiary/aromatic N) is 3. The monoisotopic (exact) mass is 588 g/mol. The Morgan fingerprint density at radius 2 is 1.76 bits per heavy atom. The third-order valence-corrected chi connectivity index (χ3v) is 8.62. The fraction of sp³-hybridized carbons (Fsp3) is 0.281. The molecule has 9 heteroatoms. The first kappa shape index (κ1) is 28.8. The van der Waals surface area contributed by atoms with E-state index >= 15 is 0 Å². The van der Waals surface area contributed by atoms with Crippen molar-refractivity contribution in [3.05, 3.63) is 104 Å². The van der Waals surface area contributed by atoms with Gasteiger partial charge in [-0.05, 0) is 86.2 Å². The molecular weight excluding hydrogens is 556 g/mol. The lowest BCUT2D eigenvalue weighted by Crippen LogP contribution is -2.27. The molecule has 1 atom stereocenters. The number of methoxy groups -OCH3 is 1. The van der Waals surface area contributed by atoms with Crippen LogP contribution in [0.5, 0.6) is 11.5 Å². The molecule has 1 aliphatic heterocycles. The highest BCUT2D eigenvalue weighted by molar-refractivity contribution is 7.98. The Bertz CT molecular complexity index is 1660. The molecule has 0 radical (unpaired) electrons. The number of ether oxygens (including phenoxy) is 2. The lowest BCUT2D eigenvalue weighted by molar-refractivity contribution is -0.114. The summed E-state index contributed by atoms with van der Waals surface area (Å²) in [6.07, 6.45) is 0. The lowest BCUT2D eigenvalue weighted by atomic mass is 9.93. The highest BCUT2D eigenvalue weighted by Crippen LogP contribution is 2.40. The molecule has 7 nitrogen and oxygen atoms in total. The van der Waals surface area contributed by atoms with Crippen LogP contribution in [0.2, 0.25) is 5.02 Å². The molecule has 4 aromatic rings. The Labute approximate surface area is 249 Å². The van der Waals surface area contributed by atoms with Gasteiger partial charge in [-0.25, -0.2) is 4.68 Å². The molecule has 0 saturated heterocycles. The van der Waals surface area contributed by atoms with Crippen LogP contribution >= 0.6 is 23.4 Å². The molecule has 2 heterocycles. The summed E-state index contributed by atoms with van der Waals surface area (Å²) < 4.78 is 13.7. The van der Waals surface area contributed by atoms with E-state index < -0.39 is 6.04 Å². The molecule has 1 N–H and O–H groups in total. The Morgan fingerprint density at radius 3 is 2.49 bits per heavy atom. The highest BCUT2D eigenvalue weighted by atomic mass is 35.5. The van der Waals surface area contributed by atoms with E-state index in [0.717, 1.165) is 22.4 Å². The van der Waals surface area contributed by atoms with Crippen LogP contribution in [0, 0.1) is 20.8 Å². The van der Waals surface area contributed by atoms with Crippen molar-refractivity contribution in [2.24, 2.45) is 0 Å². The molecule has 41 heavy (non-hydrogen) atoms. The van der Waals surface area contributed by atoms with Crippen molar-refractivity contribution in [2.45, 2.75) is 58.2 Å². The molecule has 0 saturated carbocycles. The zero-order valence-electron chi connectivity index (χ0n) is 24.0. The summed E-state index contributed by atoms with van der Waals surface area (Å²) in [5, 5.41) is 9.37. The molecule has 1 aliphatic rings. The van der Waals surface area contributed by atoms with Crippen molar-refractivity contribution in [2.75, 3.05) is 12.4 Å². The number of rotatable bonds is 9. The molecular formula is C32H33ClN4O3S. The van der Waals surface area contributed by atoms with Gasteiger partial charge in [0.1, 0.15) is 12.6 Å². The van der Waals surface area contributed by atoms with Gasteiger partial charge in [-0.15, -0.1) is 5.10 Å². The van der Waals surface area contributed by atoms with E-state index in [2.05, 4.69) is 38.2 Å². The van der Waals surface area contributed by atoms with Crippen LogP contribution in [0.4, 0.5) is 5.95 Å². The van der Waals surface area contributed by atoms with Crippen LogP contribution in [-0.4, -0.2) is 27.7 Å². The van der Waals surface area contributed by atoms with Crippen molar-refractivity contribution in [3.8, 4) is 11.5 Å². The fourth-order valence-corrected chi connectivity index (χ4v) is 6.13. The molecule has 0 fully saturated rings. The zero-order chi connectivity index (χ0) is 29.3. The second kappa shape index (κ2) is 12.0. The van der Waals surface area contributed by atoms with E-state index in [1.54, 1.807) is 18.7 Å². The van der Waals surface area contributed by atoms with E-state index in [0.29, 0.717) is 45.6 Å². The number of anilines is 1. The summed E-state index contributed by atoms with van der Waals surface area (Å²) >= 11 is 7.84. The quantitative estimate of drug-likeness (QED) is 0.202. The minimum atomic E-state index is -0.476. The number of Topliss-reactive ketones (excluding diaryl/α,β-unsaturated/α-hetero) is 1. The molecule has 212 valence electrons. The minimum absolute atomic E-state index is 0.0454. The van der Waals surface area contributed by atoms with E-state index in [9.17, 15) is 4.79 Å². The average Bonchev–Trinajstić information content (AvgIpc) is 3.35. The van der Waals surface area contributed by atoms with Gasteiger partial charge >= 0.3 is 0 Å². The number of benzene rings is 3. The maximum atomic E-state index is 12.9. The van der Waals surface area contributed by atoms with Gasteiger partial charge < -0.3 is 14.8 Å². The second-order valence-electron chi connectivity index (χ2n) is 10.2. The van der Waals surface area contributed by atoms with Gasteiger partial charge in [-0.1, -0.05) is 59.8 Å². The van der Waals surface area contributed by atoms with E-state index in [-0.39, 0.29) is 5.78 Å². The average molecular weight is 589 g/mol. The number of hydrogen-bond donors (Lipinski definition) is 1. The van der Waals surface area contributed by atoms with Crippen molar-refractivity contribution >= 4 is 35.1 Å². The van der Waals surface area contributed by atoms with Crippen LogP contribution in [-0.2, 0) is 17.2 Å². The van der Waals surface area contributed by atoms with Crippen LogP contribution in [0.25, 0.3) is 0 Å². The van der Waals surface area contributed by atoms with Crippen molar-refractivity contribution in [1.82, 2.24) is 14.8 Å². The van der Waals surface area contributed by atoms with Crippen LogP contribution in [0.3, 0.4) is 0 Å². The number of ketones is 1. The third-order valence-electron chi connectivity index (χ3n) is 7.37. The fourth-order valence-electron chi connectivity index (χ4n) is 5.02. The maximum absolute atomic E-state index is 12.9. The van der Waals surface area contributed by atoms with Crippen molar-refractivity contribution in [1.29, 1.82) is 0 Å². The number of carbonyl (C=O) groups is 1. The van der Waals surface area contributed by atoms with Gasteiger partial charge in [0.05, 0.1) is 7.11 Å². The molecule has 1 unspecified atom stereocenters. The first-order valence-corrected chi connectivity index (χ1v) is 14.7. The largest absolute Gasteiger partial charge is 0.493 e. The number of allylic oxidation sites excluding steroid dienone is 2. The van der Waals surface area contributed by atoms with Crippen LogP contribution in [0.1, 0.15) is 53.3 Å². The topological polar surface area (TPSA) is 78.3 Å². The summed E-state index contributed by atoms with van der Waals surface area (Å²) in [7, 11) is 1.62. The predicted octanol–water partition coefficient (Wildman–Crippen LogP) is 7.61. The summed E-state index contributed by atoms with van der Waals surface area (Å²) in [5.74, 6) is 2.36. The number of nitrogens with one attached hydrogen (secondary N) is 1. The van der Waals surface area contributed by atoms with Gasteiger partial charge in [-0.3, -0.25) is 4.79 Å². The second-order valence-corrected chi connectivity index (χ2v) is 11.6. The Kier molecular flexibility index (Phi) is 8.42. The summed E-state index contributed by atoms with van der Waals surface area (Å²) in [6.45, 7) is 10.2. The number of carbonyl (C=O) groups excluding carboxylic acids is 1. The third kappa shape index (κ3) is 5.99. The van der Waals surface area contributed by atoms with Gasteiger partial charge in [0, 0.05) is 22.0 Å². The van der Waals surface area contributed by atoms with Gasteiger partial charge in [0.25, 0.3) is 0 Å². The van der Waals surface area contributed by atoms with Crippen LogP contribution in [0.15, 0.2) is 71.0 Å². The Balaban J connectivity index is 1.45. The standard InChI is InChI=1S/C32H33ClN4O3S/c1-18-13-20(3)25(14-19(18)2)16-40-27-12-11-23(15-28(27)39-6)30-29(22(5)38)21(4)34-31-35-32(36-37(30)31)41-17-24-9-7-8-10-26(24)33/h7-15,30H,16-17H2,1-6H3,(H,34,35,36). The smallest absolute Gasteiger partial charge is 0.227 e. The van der Waals surface area contributed by atoms with Gasteiger partial charge in [-0.2, -0.15) is 4.98 Å². The molecule has 3 aromatic carbocycles. The minimum Gasteiger partial charge on any atom is -0.493 e. The maximum Gasteiger partial charge on any atom is 0.227 e. The van der Waals surface area contributed by atoms with E-state index in [4.69, 9.17) is 31.2 Å². The number of fused-ring (bicyclic) bond motifs is 1.